The van der Waals surface area contributed by atoms with E-state index in [2.05, 4.69) is 10.3 Å². The Bertz CT molecular complexity index is 659. The Balaban J connectivity index is 2.18. The van der Waals surface area contributed by atoms with Gasteiger partial charge in [-0.2, -0.15) is 0 Å². The minimum atomic E-state index is -0.400. The van der Waals surface area contributed by atoms with Gasteiger partial charge in [0.1, 0.15) is 10.7 Å². The highest BCUT2D eigenvalue weighted by Gasteiger charge is 2.12. The van der Waals surface area contributed by atoms with E-state index in [9.17, 15) is 9.59 Å². The first kappa shape index (κ1) is 14.0. The quantitative estimate of drug-likeness (QED) is 0.513. The Labute approximate surface area is 120 Å². The Morgan fingerprint density at radius 3 is 2.65 bits per heavy atom. The molecule has 1 heterocycles. The molecule has 3 N–H and O–H groups in total. The number of benzene rings is 1. The second-order valence-corrected chi connectivity index (χ2v) is 4.83. The van der Waals surface area contributed by atoms with Gasteiger partial charge in [-0.1, -0.05) is 6.08 Å². The summed E-state index contributed by atoms with van der Waals surface area (Å²) in [5.74, 6) is -0.400. The molecular weight excluding hydrogens is 274 g/mol. The van der Waals surface area contributed by atoms with Crippen LogP contribution in [0.4, 0.5) is 5.69 Å². The third-order valence-corrected chi connectivity index (χ3v) is 3.48. The average molecular weight is 287 g/mol. The van der Waals surface area contributed by atoms with E-state index in [1.807, 2.05) is 12.1 Å². The van der Waals surface area contributed by atoms with Crippen LogP contribution in [0.25, 0.3) is 10.6 Å². The number of nitrogens with one attached hydrogen (secondary N) is 1. The number of amides is 1. The third kappa shape index (κ3) is 3.10. The number of nitrogens with two attached hydrogens (primary N) is 1. The molecule has 6 heteroatoms. The van der Waals surface area contributed by atoms with Crippen molar-refractivity contribution in [1.82, 2.24) is 10.3 Å². The van der Waals surface area contributed by atoms with Gasteiger partial charge in [-0.15, -0.1) is 11.3 Å². The highest BCUT2D eigenvalue weighted by atomic mass is 32.1. The maximum atomic E-state index is 11.9. The fraction of sp³-hybridized carbons (Fsp3) is 0.0714. The first-order valence-electron chi connectivity index (χ1n) is 5.88. The number of aldehydes is 1. The Kier molecular flexibility index (Phi) is 4.27. The fourth-order valence-corrected chi connectivity index (χ4v) is 2.31. The topological polar surface area (TPSA) is 85.1 Å². The summed E-state index contributed by atoms with van der Waals surface area (Å²) in [7, 11) is 0. The molecule has 0 spiro atoms. The molecule has 20 heavy (non-hydrogen) atoms. The SMILES string of the molecule is C/C=C(/C=O)NC(=O)c1csc(-c2ccc(N)cc2)n1. The molecule has 0 aliphatic heterocycles. The number of aromatic nitrogens is 1. The van der Waals surface area contributed by atoms with Crippen LogP contribution < -0.4 is 11.1 Å². The van der Waals surface area contributed by atoms with E-state index in [0.29, 0.717) is 12.0 Å². The van der Waals surface area contributed by atoms with Crippen LogP contribution in [0.1, 0.15) is 17.4 Å². The molecule has 1 aromatic carbocycles. The molecule has 1 aromatic heterocycles. The number of carbonyl (C=O) groups excluding carboxylic acids is 2. The van der Waals surface area contributed by atoms with Gasteiger partial charge in [0.2, 0.25) is 0 Å². The van der Waals surface area contributed by atoms with E-state index in [-0.39, 0.29) is 11.4 Å². The van der Waals surface area contributed by atoms with Crippen LogP contribution in [0.5, 0.6) is 0 Å². The molecule has 0 aliphatic carbocycles. The van der Waals surface area contributed by atoms with Crippen LogP contribution in [-0.4, -0.2) is 17.2 Å². The fourth-order valence-electron chi connectivity index (χ4n) is 1.50. The molecular formula is C14H13N3O2S. The molecule has 0 saturated carbocycles. The summed E-state index contributed by atoms with van der Waals surface area (Å²) < 4.78 is 0. The molecule has 0 saturated heterocycles. The summed E-state index contributed by atoms with van der Waals surface area (Å²) in [5.41, 5.74) is 7.69. The van der Waals surface area contributed by atoms with Crippen molar-refractivity contribution in [3.05, 3.63) is 47.1 Å². The van der Waals surface area contributed by atoms with Crippen molar-refractivity contribution in [3.63, 3.8) is 0 Å². The minimum Gasteiger partial charge on any atom is -0.399 e. The normalized spacial score (nSPS) is 11.2. The highest BCUT2D eigenvalue weighted by Crippen LogP contribution is 2.24. The van der Waals surface area contributed by atoms with Crippen LogP contribution in [0, 0.1) is 0 Å². The lowest BCUT2D eigenvalue weighted by atomic mass is 10.2. The monoisotopic (exact) mass is 287 g/mol. The number of anilines is 1. The van der Waals surface area contributed by atoms with Gasteiger partial charge in [-0.25, -0.2) is 4.98 Å². The van der Waals surface area contributed by atoms with Crippen LogP contribution in [0.15, 0.2) is 41.4 Å². The predicted octanol–water partition coefficient (Wildman–Crippen LogP) is 2.22. The molecule has 0 unspecified atom stereocenters. The number of nitrogens with zero attached hydrogens (tertiary/aromatic N) is 1. The minimum absolute atomic E-state index is 0.219. The van der Waals surface area contributed by atoms with Crippen molar-refractivity contribution in [3.8, 4) is 10.6 Å². The zero-order valence-corrected chi connectivity index (χ0v) is 11.6. The van der Waals surface area contributed by atoms with Crippen LogP contribution in [0.2, 0.25) is 0 Å². The summed E-state index contributed by atoms with van der Waals surface area (Å²) in [6.45, 7) is 1.67. The molecule has 5 nitrogen and oxygen atoms in total. The summed E-state index contributed by atoms with van der Waals surface area (Å²) >= 11 is 1.36. The molecule has 102 valence electrons. The smallest absolute Gasteiger partial charge is 0.275 e. The predicted molar refractivity (Wildman–Crippen MR) is 79.2 cm³/mol. The first-order chi connectivity index (χ1) is 9.63. The lowest BCUT2D eigenvalue weighted by molar-refractivity contribution is -0.105. The molecule has 0 fully saturated rings. The third-order valence-electron chi connectivity index (χ3n) is 2.59. The van der Waals surface area contributed by atoms with Gasteiger partial charge in [0, 0.05) is 16.6 Å². The maximum Gasteiger partial charge on any atom is 0.275 e. The van der Waals surface area contributed by atoms with E-state index in [1.54, 1.807) is 24.4 Å². The second kappa shape index (κ2) is 6.12. The van der Waals surface area contributed by atoms with Crippen molar-refractivity contribution in [1.29, 1.82) is 0 Å². The second-order valence-electron chi connectivity index (χ2n) is 3.98. The number of allylic oxidation sites excluding steroid dienone is 2. The molecule has 0 atom stereocenters. The molecule has 1 amide bonds. The first-order valence-corrected chi connectivity index (χ1v) is 6.76. The standard InChI is InChI=1S/C14H13N3O2S/c1-2-11(7-18)16-13(19)12-8-20-14(17-12)9-3-5-10(15)6-4-9/h2-8H,15H2,1H3,(H,16,19)/b11-2-. The molecule has 2 rings (SSSR count). The van der Waals surface area contributed by atoms with Crippen molar-refractivity contribution < 1.29 is 9.59 Å². The summed E-state index contributed by atoms with van der Waals surface area (Å²) in [6, 6.07) is 7.25. The molecule has 0 bridgehead atoms. The zero-order chi connectivity index (χ0) is 14.5. The molecule has 2 aromatic rings. The van der Waals surface area contributed by atoms with Crippen molar-refractivity contribution in [2.24, 2.45) is 0 Å². The summed E-state index contributed by atoms with van der Waals surface area (Å²) in [6.07, 6.45) is 2.11. The molecule has 0 aliphatic rings. The van der Waals surface area contributed by atoms with Gasteiger partial charge < -0.3 is 11.1 Å². The lowest BCUT2D eigenvalue weighted by Gasteiger charge is -2.00. The number of hydrogen-bond donors (Lipinski definition) is 2. The van der Waals surface area contributed by atoms with Crippen molar-refractivity contribution in [2.75, 3.05) is 5.73 Å². The van der Waals surface area contributed by atoms with Crippen LogP contribution in [-0.2, 0) is 4.79 Å². The van der Waals surface area contributed by atoms with E-state index < -0.39 is 5.91 Å². The maximum absolute atomic E-state index is 11.9. The lowest BCUT2D eigenvalue weighted by Crippen LogP contribution is -2.23. The van der Waals surface area contributed by atoms with E-state index in [4.69, 9.17) is 5.73 Å². The van der Waals surface area contributed by atoms with Crippen molar-refractivity contribution in [2.45, 2.75) is 6.92 Å². The van der Waals surface area contributed by atoms with Gasteiger partial charge in [-0.3, -0.25) is 9.59 Å². The Morgan fingerprint density at radius 1 is 1.35 bits per heavy atom. The van der Waals surface area contributed by atoms with Gasteiger partial charge in [0.25, 0.3) is 5.91 Å². The van der Waals surface area contributed by atoms with Gasteiger partial charge >= 0.3 is 0 Å². The average Bonchev–Trinajstić information content (AvgIpc) is 2.95. The highest BCUT2D eigenvalue weighted by molar-refractivity contribution is 7.13. The van der Waals surface area contributed by atoms with Crippen LogP contribution in [0.3, 0.4) is 0 Å². The number of rotatable bonds is 4. The van der Waals surface area contributed by atoms with Gasteiger partial charge in [0.15, 0.2) is 6.29 Å². The zero-order valence-electron chi connectivity index (χ0n) is 10.8. The summed E-state index contributed by atoms with van der Waals surface area (Å²) in [5, 5.41) is 4.86. The Hall–Kier alpha value is -2.47. The van der Waals surface area contributed by atoms with Crippen molar-refractivity contribution >= 4 is 29.2 Å². The van der Waals surface area contributed by atoms with Crippen LogP contribution >= 0.6 is 11.3 Å². The number of nitrogen functional groups attached to an aromatic ring is 1. The Morgan fingerprint density at radius 2 is 2.05 bits per heavy atom. The summed E-state index contributed by atoms with van der Waals surface area (Å²) in [4.78, 5) is 26.8. The number of thiazole rings is 1. The van der Waals surface area contributed by atoms with E-state index in [1.165, 1.54) is 17.4 Å². The number of hydrogen-bond acceptors (Lipinski definition) is 5. The van der Waals surface area contributed by atoms with E-state index in [0.717, 1.165) is 10.6 Å². The molecule has 0 radical (unpaired) electrons. The van der Waals surface area contributed by atoms with Gasteiger partial charge in [-0.05, 0) is 31.2 Å². The number of carbonyl (C=O) groups is 2. The van der Waals surface area contributed by atoms with E-state index >= 15 is 0 Å². The van der Waals surface area contributed by atoms with Gasteiger partial charge in [0.05, 0.1) is 5.70 Å². The largest absolute Gasteiger partial charge is 0.399 e.